The number of likely N-dealkylation sites (N-methyl/N-ethyl adjacent to an activating group) is 1. The molecule has 100 valence electrons. The first-order valence-electron chi connectivity index (χ1n) is 6.03. The fraction of sp³-hybridized carbons (Fsp3) is 0.538. The van der Waals surface area contributed by atoms with Crippen LogP contribution in [-0.4, -0.2) is 44.9 Å². The zero-order chi connectivity index (χ0) is 13.1. The number of morpholine rings is 1. The summed E-state index contributed by atoms with van der Waals surface area (Å²) in [4.78, 5) is 2.21. The third kappa shape index (κ3) is 2.47. The average molecular weight is 271 g/mol. The van der Waals surface area contributed by atoms with E-state index in [1.165, 1.54) is 0 Å². The van der Waals surface area contributed by atoms with Crippen LogP contribution in [-0.2, 0) is 4.74 Å². The van der Waals surface area contributed by atoms with Crippen LogP contribution in [0.5, 0.6) is 5.75 Å². The number of nitrogens with zero attached hydrogens (tertiary/aromatic N) is 1. The van der Waals surface area contributed by atoms with Gasteiger partial charge in [-0.3, -0.25) is 4.90 Å². The maximum absolute atomic E-state index is 6.33. The summed E-state index contributed by atoms with van der Waals surface area (Å²) in [6.07, 6.45) is -0.0578. The van der Waals surface area contributed by atoms with Crippen molar-refractivity contribution in [2.75, 3.05) is 33.9 Å². The van der Waals surface area contributed by atoms with Gasteiger partial charge in [-0.1, -0.05) is 17.7 Å². The molecule has 0 bridgehead atoms. The third-order valence-corrected chi connectivity index (χ3v) is 3.69. The van der Waals surface area contributed by atoms with Crippen LogP contribution in [0.4, 0.5) is 0 Å². The highest BCUT2D eigenvalue weighted by Gasteiger charge is 2.33. The third-order valence-electron chi connectivity index (χ3n) is 3.36. The van der Waals surface area contributed by atoms with Crippen LogP contribution in [0, 0.1) is 0 Å². The maximum atomic E-state index is 6.33. The van der Waals surface area contributed by atoms with E-state index in [9.17, 15) is 0 Å². The van der Waals surface area contributed by atoms with Gasteiger partial charge in [0.1, 0.15) is 5.75 Å². The van der Waals surface area contributed by atoms with E-state index in [0.717, 1.165) is 17.9 Å². The number of ether oxygens (including phenoxy) is 2. The van der Waals surface area contributed by atoms with E-state index < -0.39 is 0 Å². The van der Waals surface area contributed by atoms with Crippen molar-refractivity contribution in [3.63, 3.8) is 0 Å². The summed E-state index contributed by atoms with van der Waals surface area (Å²) in [5, 5.41) is 0.690. The molecule has 1 aromatic rings. The largest absolute Gasteiger partial charge is 0.496 e. The van der Waals surface area contributed by atoms with Gasteiger partial charge in [-0.2, -0.15) is 0 Å². The van der Waals surface area contributed by atoms with E-state index in [4.69, 9.17) is 26.8 Å². The first-order chi connectivity index (χ1) is 8.69. The number of halogens is 1. The second-order valence-electron chi connectivity index (χ2n) is 4.43. The molecule has 1 aliphatic heterocycles. The minimum Gasteiger partial charge on any atom is -0.496 e. The molecular weight excluding hydrogens is 252 g/mol. The highest BCUT2D eigenvalue weighted by molar-refractivity contribution is 6.31. The Morgan fingerprint density at radius 3 is 3.00 bits per heavy atom. The molecule has 1 aliphatic rings. The molecule has 0 amide bonds. The van der Waals surface area contributed by atoms with Gasteiger partial charge in [0.25, 0.3) is 0 Å². The molecule has 2 unspecified atom stereocenters. The predicted octanol–water partition coefficient (Wildman–Crippen LogP) is 1.68. The molecule has 0 aromatic heterocycles. The molecule has 0 spiro atoms. The zero-order valence-electron chi connectivity index (χ0n) is 10.7. The Bertz CT molecular complexity index is 414. The highest BCUT2D eigenvalue weighted by atomic mass is 35.5. The van der Waals surface area contributed by atoms with Gasteiger partial charge in [0.2, 0.25) is 0 Å². The van der Waals surface area contributed by atoms with Crippen molar-refractivity contribution >= 4 is 11.6 Å². The van der Waals surface area contributed by atoms with Crippen molar-refractivity contribution in [3.8, 4) is 5.75 Å². The van der Waals surface area contributed by atoms with Gasteiger partial charge in [0.05, 0.1) is 25.9 Å². The highest BCUT2D eigenvalue weighted by Crippen LogP contribution is 2.38. The van der Waals surface area contributed by atoms with Crippen LogP contribution in [0.15, 0.2) is 18.2 Å². The van der Waals surface area contributed by atoms with Gasteiger partial charge in [0.15, 0.2) is 0 Å². The van der Waals surface area contributed by atoms with E-state index in [2.05, 4.69) is 11.9 Å². The van der Waals surface area contributed by atoms with Crippen molar-refractivity contribution in [2.45, 2.75) is 12.1 Å². The van der Waals surface area contributed by atoms with Crippen molar-refractivity contribution in [3.05, 3.63) is 28.8 Å². The molecule has 0 saturated carbocycles. The summed E-state index contributed by atoms with van der Waals surface area (Å²) in [6, 6.07) is 5.70. The van der Waals surface area contributed by atoms with Crippen molar-refractivity contribution in [2.24, 2.45) is 5.73 Å². The smallest absolute Gasteiger partial charge is 0.125 e. The fourth-order valence-corrected chi connectivity index (χ4v) is 2.73. The van der Waals surface area contributed by atoms with Crippen LogP contribution in [0.1, 0.15) is 11.6 Å². The molecular formula is C13H19ClN2O2. The second-order valence-corrected chi connectivity index (χ2v) is 4.83. The lowest BCUT2D eigenvalue weighted by atomic mass is 9.97. The predicted molar refractivity (Wildman–Crippen MR) is 72.2 cm³/mol. The number of nitrogens with two attached hydrogens (primary N) is 1. The number of hydrogen-bond acceptors (Lipinski definition) is 4. The van der Waals surface area contributed by atoms with E-state index in [-0.39, 0.29) is 12.1 Å². The first kappa shape index (κ1) is 13.6. The Morgan fingerprint density at radius 2 is 2.33 bits per heavy atom. The lowest BCUT2D eigenvalue weighted by Gasteiger charge is -2.39. The topological polar surface area (TPSA) is 47.7 Å². The number of hydrogen-bond donors (Lipinski definition) is 1. The Morgan fingerprint density at radius 1 is 1.56 bits per heavy atom. The van der Waals surface area contributed by atoms with Crippen molar-refractivity contribution < 1.29 is 9.47 Å². The van der Waals surface area contributed by atoms with Crippen molar-refractivity contribution in [1.29, 1.82) is 0 Å². The van der Waals surface area contributed by atoms with Gasteiger partial charge in [-0.15, -0.1) is 0 Å². The monoisotopic (exact) mass is 270 g/mol. The number of methoxy groups -OCH3 is 1. The molecule has 5 heteroatoms. The summed E-state index contributed by atoms with van der Waals surface area (Å²) >= 11 is 6.33. The summed E-state index contributed by atoms with van der Waals surface area (Å²) in [5.41, 5.74) is 6.76. The van der Waals surface area contributed by atoms with Gasteiger partial charge in [-0.05, 0) is 19.2 Å². The zero-order valence-corrected chi connectivity index (χ0v) is 11.5. The van der Waals surface area contributed by atoms with Gasteiger partial charge < -0.3 is 15.2 Å². The Labute approximate surface area is 113 Å². The van der Waals surface area contributed by atoms with Crippen LogP contribution >= 0.6 is 11.6 Å². The molecule has 1 saturated heterocycles. The SMILES string of the molecule is COc1cccc(Cl)c1C1C(CN)OCCN1C. The molecule has 1 fully saturated rings. The Balaban J connectivity index is 2.44. The van der Waals surface area contributed by atoms with Crippen LogP contribution < -0.4 is 10.5 Å². The molecule has 1 aromatic carbocycles. The minimum absolute atomic E-state index is 0.0346. The molecule has 2 N–H and O–H groups in total. The van der Waals surface area contributed by atoms with Crippen molar-refractivity contribution in [1.82, 2.24) is 4.90 Å². The summed E-state index contributed by atoms with van der Waals surface area (Å²) in [6.45, 7) is 2.01. The summed E-state index contributed by atoms with van der Waals surface area (Å²) in [7, 11) is 3.70. The normalized spacial score (nSPS) is 25.1. The first-order valence-corrected chi connectivity index (χ1v) is 6.41. The lowest BCUT2D eigenvalue weighted by molar-refractivity contribution is -0.0582. The standard InChI is InChI=1S/C13H19ClN2O2/c1-16-6-7-18-11(8-15)13(16)12-9(14)4-3-5-10(12)17-2/h3-5,11,13H,6-8,15H2,1-2H3. The van der Waals surface area contributed by atoms with Gasteiger partial charge in [0, 0.05) is 23.7 Å². The Hall–Kier alpha value is -0.810. The van der Waals surface area contributed by atoms with E-state index in [0.29, 0.717) is 18.2 Å². The van der Waals surface area contributed by atoms with Crippen LogP contribution in [0.25, 0.3) is 0 Å². The molecule has 1 heterocycles. The maximum Gasteiger partial charge on any atom is 0.125 e. The van der Waals surface area contributed by atoms with Gasteiger partial charge in [-0.25, -0.2) is 0 Å². The number of benzene rings is 1. The molecule has 2 rings (SSSR count). The van der Waals surface area contributed by atoms with Gasteiger partial charge >= 0.3 is 0 Å². The molecule has 0 radical (unpaired) electrons. The molecule has 2 atom stereocenters. The quantitative estimate of drug-likeness (QED) is 0.908. The number of rotatable bonds is 3. The fourth-order valence-electron chi connectivity index (χ4n) is 2.45. The summed E-state index contributed by atoms with van der Waals surface area (Å²) < 4.78 is 11.2. The van der Waals surface area contributed by atoms with E-state index >= 15 is 0 Å². The lowest BCUT2D eigenvalue weighted by Crippen LogP contribution is -2.46. The van der Waals surface area contributed by atoms with Crippen LogP contribution in [0.3, 0.4) is 0 Å². The Kier molecular flexibility index (Phi) is 4.45. The molecule has 4 nitrogen and oxygen atoms in total. The van der Waals surface area contributed by atoms with E-state index in [1.807, 2.05) is 18.2 Å². The second kappa shape index (κ2) is 5.89. The minimum atomic E-state index is -0.0578. The molecule has 0 aliphatic carbocycles. The molecule has 18 heavy (non-hydrogen) atoms. The summed E-state index contributed by atoms with van der Waals surface area (Å²) in [5.74, 6) is 0.781. The average Bonchev–Trinajstić information content (AvgIpc) is 2.38. The van der Waals surface area contributed by atoms with Crippen LogP contribution in [0.2, 0.25) is 5.02 Å². The van der Waals surface area contributed by atoms with E-state index in [1.54, 1.807) is 7.11 Å².